The van der Waals surface area contributed by atoms with Gasteiger partial charge >= 0.3 is 0 Å². The average molecular weight is 456 g/mol. The third-order valence-electron chi connectivity index (χ3n) is 4.75. The SMILES string of the molecule is COc1ccc(-c2nc(NC(=O)CN3CSCC3=O)sc2-c2ccc(OC)cc2)cc1. The van der Waals surface area contributed by atoms with Crippen LogP contribution in [-0.2, 0) is 9.59 Å². The molecule has 0 bridgehead atoms. The van der Waals surface area contributed by atoms with Crippen LogP contribution in [-0.4, -0.2) is 54.1 Å². The molecule has 1 N–H and O–H groups in total. The fourth-order valence-corrected chi connectivity index (χ4v) is 5.04. The molecule has 3 aromatic rings. The first-order chi connectivity index (χ1) is 15.1. The van der Waals surface area contributed by atoms with Gasteiger partial charge < -0.3 is 19.7 Å². The lowest BCUT2D eigenvalue weighted by Crippen LogP contribution is -2.34. The van der Waals surface area contributed by atoms with Gasteiger partial charge in [0.25, 0.3) is 0 Å². The first kappa shape index (κ1) is 21.2. The van der Waals surface area contributed by atoms with Crippen LogP contribution in [0, 0.1) is 0 Å². The number of hydrogen-bond donors (Lipinski definition) is 1. The lowest BCUT2D eigenvalue weighted by Gasteiger charge is -2.13. The summed E-state index contributed by atoms with van der Waals surface area (Å²) in [5.41, 5.74) is 2.64. The molecule has 0 radical (unpaired) electrons. The van der Waals surface area contributed by atoms with Crippen LogP contribution in [0.15, 0.2) is 48.5 Å². The van der Waals surface area contributed by atoms with Gasteiger partial charge in [-0.3, -0.25) is 9.59 Å². The Hall–Kier alpha value is -3.04. The number of benzene rings is 2. The molecule has 1 aromatic heterocycles. The summed E-state index contributed by atoms with van der Waals surface area (Å²) in [5.74, 6) is 2.21. The fourth-order valence-electron chi connectivity index (χ4n) is 3.13. The lowest BCUT2D eigenvalue weighted by atomic mass is 10.1. The van der Waals surface area contributed by atoms with Crippen molar-refractivity contribution in [3.8, 4) is 33.2 Å². The highest BCUT2D eigenvalue weighted by Gasteiger charge is 2.24. The van der Waals surface area contributed by atoms with Gasteiger partial charge in [-0.05, 0) is 54.1 Å². The molecule has 0 saturated carbocycles. The standard InChI is InChI=1S/C22H21N3O4S2/c1-28-16-7-3-14(4-8-16)20-21(15-5-9-17(29-2)10-6-15)31-22(24-20)23-18(26)11-25-13-30-12-19(25)27/h3-10H,11-13H2,1-2H3,(H,23,24,26). The van der Waals surface area contributed by atoms with Gasteiger partial charge in [0.2, 0.25) is 11.8 Å². The molecule has 0 atom stereocenters. The molecule has 2 aromatic carbocycles. The molecule has 1 saturated heterocycles. The number of nitrogens with zero attached hydrogens (tertiary/aromatic N) is 2. The van der Waals surface area contributed by atoms with Crippen LogP contribution in [0.4, 0.5) is 5.13 Å². The molecular weight excluding hydrogens is 434 g/mol. The molecule has 0 unspecified atom stereocenters. The Morgan fingerprint density at radius 1 is 1.03 bits per heavy atom. The molecule has 160 valence electrons. The summed E-state index contributed by atoms with van der Waals surface area (Å²) in [6.07, 6.45) is 0. The second-order valence-electron chi connectivity index (χ2n) is 6.77. The molecule has 0 spiro atoms. The number of hydrogen-bond acceptors (Lipinski definition) is 7. The van der Waals surface area contributed by atoms with Crippen LogP contribution in [0.5, 0.6) is 11.5 Å². The van der Waals surface area contributed by atoms with Crippen LogP contribution >= 0.6 is 23.1 Å². The molecule has 0 aliphatic carbocycles. The molecule has 2 amide bonds. The summed E-state index contributed by atoms with van der Waals surface area (Å²) in [4.78, 5) is 31.4. The maximum Gasteiger partial charge on any atom is 0.245 e. The van der Waals surface area contributed by atoms with Crippen molar-refractivity contribution < 1.29 is 19.1 Å². The maximum absolute atomic E-state index is 12.5. The summed E-state index contributed by atoms with van der Waals surface area (Å²) >= 11 is 2.90. The molecule has 4 rings (SSSR count). The minimum Gasteiger partial charge on any atom is -0.497 e. The Morgan fingerprint density at radius 3 is 2.19 bits per heavy atom. The predicted molar refractivity (Wildman–Crippen MR) is 124 cm³/mol. The zero-order valence-electron chi connectivity index (χ0n) is 17.1. The van der Waals surface area contributed by atoms with Crippen molar-refractivity contribution in [2.75, 3.05) is 37.7 Å². The normalized spacial score (nSPS) is 13.4. The molecule has 31 heavy (non-hydrogen) atoms. The van der Waals surface area contributed by atoms with Gasteiger partial charge in [0.05, 0.1) is 36.4 Å². The molecule has 2 heterocycles. The van der Waals surface area contributed by atoms with E-state index in [2.05, 4.69) is 5.32 Å². The van der Waals surface area contributed by atoms with Crippen LogP contribution in [0.3, 0.4) is 0 Å². The van der Waals surface area contributed by atoms with Crippen LogP contribution in [0.25, 0.3) is 21.7 Å². The van der Waals surface area contributed by atoms with Gasteiger partial charge in [0.15, 0.2) is 5.13 Å². The van der Waals surface area contributed by atoms with E-state index in [4.69, 9.17) is 14.5 Å². The number of nitrogens with one attached hydrogen (secondary N) is 1. The van der Waals surface area contributed by atoms with Crippen molar-refractivity contribution in [3.63, 3.8) is 0 Å². The van der Waals surface area contributed by atoms with E-state index in [0.717, 1.165) is 33.2 Å². The Morgan fingerprint density at radius 2 is 1.65 bits per heavy atom. The summed E-state index contributed by atoms with van der Waals surface area (Å²) in [6.45, 7) is 0.0289. The van der Waals surface area contributed by atoms with Crippen LogP contribution in [0.1, 0.15) is 0 Å². The smallest absolute Gasteiger partial charge is 0.245 e. The van der Waals surface area contributed by atoms with Crippen LogP contribution < -0.4 is 14.8 Å². The van der Waals surface area contributed by atoms with Gasteiger partial charge in [-0.25, -0.2) is 4.98 Å². The van der Waals surface area contributed by atoms with E-state index in [-0.39, 0.29) is 18.4 Å². The first-order valence-electron chi connectivity index (χ1n) is 9.52. The van der Waals surface area contributed by atoms with E-state index in [1.807, 2.05) is 48.5 Å². The molecule has 1 aliphatic rings. The van der Waals surface area contributed by atoms with Crippen molar-refractivity contribution >= 4 is 40.0 Å². The zero-order chi connectivity index (χ0) is 21.8. The van der Waals surface area contributed by atoms with Gasteiger partial charge in [-0.15, -0.1) is 11.8 Å². The summed E-state index contributed by atoms with van der Waals surface area (Å²) in [5, 5.41) is 3.34. The van der Waals surface area contributed by atoms with Crippen molar-refractivity contribution in [2.45, 2.75) is 0 Å². The second kappa shape index (κ2) is 9.40. The van der Waals surface area contributed by atoms with E-state index in [1.165, 1.54) is 23.1 Å². The number of ether oxygens (including phenoxy) is 2. The third kappa shape index (κ3) is 4.83. The van der Waals surface area contributed by atoms with Gasteiger partial charge in [0, 0.05) is 5.56 Å². The second-order valence-corrected chi connectivity index (χ2v) is 8.73. The quantitative estimate of drug-likeness (QED) is 0.581. The zero-order valence-corrected chi connectivity index (χ0v) is 18.7. The molecule has 7 nitrogen and oxygen atoms in total. The number of methoxy groups -OCH3 is 2. The van der Waals surface area contributed by atoms with E-state index in [9.17, 15) is 9.59 Å². The highest BCUT2D eigenvalue weighted by molar-refractivity contribution is 8.00. The Bertz CT molecular complexity index is 1020. The molecule has 1 aliphatic heterocycles. The summed E-state index contributed by atoms with van der Waals surface area (Å²) < 4.78 is 10.5. The minimum absolute atomic E-state index is 0.0165. The topological polar surface area (TPSA) is 80.8 Å². The Labute approximate surface area is 188 Å². The largest absolute Gasteiger partial charge is 0.497 e. The monoisotopic (exact) mass is 455 g/mol. The average Bonchev–Trinajstić information content (AvgIpc) is 3.40. The number of anilines is 1. The van der Waals surface area contributed by atoms with Crippen LogP contribution in [0.2, 0.25) is 0 Å². The number of thioether (sulfide) groups is 1. The number of carbonyl (C=O) groups excluding carboxylic acids is 2. The Kier molecular flexibility index (Phi) is 6.43. The van der Waals surface area contributed by atoms with Crippen molar-refractivity contribution in [1.82, 2.24) is 9.88 Å². The van der Waals surface area contributed by atoms with Gasteiger partial charge in [-0.2, -0.15) is 0 Å². The highest BCUT2D eigenvalue weighted by atomic mass is 32.2. The maximum atomic E-state index is 12.5. The van der Waals surface area contributed by atoms with Crippen molar-refractivity contribution in [3.05, 3.63) is 48.5 Å². The number of aromatic nitrogens is 1. The minimum atomic E-state index is -0.257. The Balaban J connectivity index is 1.63. The molecule has 9 heteroatoms. The van der Waals surface area contributed by atoms with Gasteiger partial charge in [-0.1, -0.05) is 11.3 Å². The summed E-state index contributed by atoms with van der Waals surface area (Å²) in [6, 6.07) is 15.3. The molecular formula is C22H21N3O4S2. The fraction of sp³-hybridized carbons (Fsp3) is 0.227. The number of thiazole rings is 1. The van der Waals surface area contributed by atoms with Crippen molar-refractivity contribution in [1.29, 1.82) is 0 Å². The van der Waals surface area contributed by atoms with E-state index < -0.39 is 0 Å². The highest BCUT2D eigenvalue weighted by Crippen LogP contribution is 2.40. The van der Waals surface area contributed by atoms with Crippen molar-refractivity contribution in [2.24, 2.45) is 0 Å². The first-order valence-corrected chi connectivity index (χ1v) is 11.5. The lowest BCUT2D eigenvalue weighted by molar-refractivity contribution is -0.130. The van der Waals surface area contributed by atoms with E-state index in [0.29, 0.717) is 16.8 Å². The molecule has 1 fully saturated rings. The van der Waals surface area contributed by atoms with E-state index >= 15 is 0 Å². The number of rotatable bonds is 7. The number of amides is 2. The number of carbonyl (C=O) groups is 2. The predicted octanol–water partition coefficient (Wildman–Crippen LogP) is 3.97. The van der Waals surface area contributed by atoms with Gasteiger partial charge in [0.1, 0.15) is 18.0 Å². The van der Waals surface area contributed by atoms with E-state index in [1.54, 1.807) is 19.1 Å². The third-order valence-corrected chi connectivity index (χ3v) is 6.71. The summed E-state index contributed by atoms with van der Waals surface area (Å²) in [7, 11) is 3.25.